The minimum absolute atomic E-state index is 0.0835. The molecule has 0 fully saturated rings. The SMILES string of the molecule is O=C(CSc1nc2cc([N+](=O)[O-])ccc2n1-c1ccc(F)cc1)NCc1ccc(Cl)cc1. The Morgan fingerprint density at radius 1 is 1.12 bits per heavy atom. The summed E-state index contributed by atoms with van der Waals surface area (Å²) in [6, 6.07) is 17.3. The predicted octanol–water partition coefficient (Wildman–Crippen LogP) is 5.13. The number of hydrogen-bond donors (Lipinski definition) is 1. The normalized spacial score (nSPS) is 10.9. The Kier molecular flexibility index (Phi) is 6.38. The Morgan fingerprint density at radius 2 is 1.84 bits per heavy atom. The fraction of sp³-hybridized carbons (Fsp3) is 0.0909. The third-order valence-electron chi connectivity index (χ3n) is 4.64. The number of imidazole rings is 1. The van der Waals surface area contributed by atoms with Gasteiger partial charge in [0.1, 0.15) is 5.82 Å². The Hall–Kier alpha value is -3.43. The monoisotopic (exact) mass is 470 g/mol. The Morgan fingerprint density at radius 3 is 2.53 bits per heavy atom. The van der Waals surface area contributed by atoms with Gasteiger partial charge in [-0.1, -0.05) is 35.5 Å². The standard InChI is InChI=1S/C22H16ClFN4O3S/c23-15-3-1-14(2-4-15)12-25-21(29)13-32-22-26-19-11-18(28(30)31)9-10-20(19)27(22)17-7-5-16(24)6-8-17/h1-11H,12-13H2,(H,25,29). The zero-order valence-corrected chi connectivity index (χ0v) is 18.1. The third kappa shape index (κ3) is 4.90. The molecule has 1 N–H and O–H groups in total. The van der Waals surface area contributed by atoms with Crippen molar-refractivity contribution in [2.24, 2.45) is 0 Å². The van der Waals surface area contributed by atoms with Crippen molar-refractivity contribution in [3.05, 3.63) is 93.2 Å². The maximum absolute atomic E-state index is 13.4. The molecule has 0 radical (unpaired) electrons. The van der Waals surface area contributed by atoms with Crippen LogP contribution in [0.5, 0.6) is 0 Å². The zero-order chi connectivity index (χ0) is 22.7. The minimum atomic E-state index is -0.493. The topological polar surface area (TPSA) is 90.1 Å². The fourth-order valence-corrected chi connectivity index (χ4v) is 4.06. The molecular weight excluding hydrogens is 455 g/mol. The number of benzene rings is 3. The van der Waals surface area contributed by atoms with E-state index in [9.17, 15) is 19.3 Å². The number of hydrogen-bond acceptors (Lipinski definition) is 5. The van der Waals surface area contributed by atoms with Gasteiger partial charge in [0.2, 0.25) is 5.91 Å². The molecule has 7 nitrogen and oxygen atoms in total. The van der Waals surface area contributed by atoms with Crippen LogP contribution in [0.1, 0.15) is 5.56 Å². The van der Waals surface area contributed by atoms with Crippen LogP contribution in [-0.2, 0) is 11.3 Å². The number of amides is 1. The molecule has 1 heterocycles. The molecule has 162 valence electrons. The van der Waals surface area contributed by atoms with Gasteiger partial charge in [-0.15, -0.1) is 0 Å². The average molecular weight is 471 g/mol. The quantitative estimate of drug-likeness (QED) is 0.229. The number of carbonyl (C=O) groups excluding carboxylic acids is 1. The Balaban J connectivity index is 1.56. The molecule has 1 aromatic heterocycles. The molecule has 0 unspecified atom stereocenters. The van der Waals surface area contributed by atoms with Crippen LogP contribution in [0.15, 0.2) is 71.9 Å². The molecule has 0 aliphatic heterocycles. The number of non-ortho nitro benzene ring substituents is 1. The van der Waals surface area contributed by atoms with Crippen LogP contribution < -0.4 is 5.32 Å². The van der Waals surface area contributed by atoms with Crippen molar-refractivity contribution in [1.82, 2.24) is 14.9 Å². The minimum Gasteiger partial charge on any atom is -0.351 e. The highest BCUT2D eigenvalue weighted by Gasteiger charge is 2.17. The summed E-state index contributed by atoms with van der Waals surface area (Å²) in [7, 11) is 0. The van der Waals surface area contributed by atoms with E-state index in [2.05, 4.69) is 10.3 Å². The number of thioether (sulfide) groups is 1. The van der Waals surface area contributed by atoms with Crippen molar-refractivity contribution in [2.75, 3.05) is 5.75 Å². The molecule has 0 spiro atoms. The van der Waals surface area contributed by atoms with Crippen molar-refractivity contribution < 1.29 is 14.1 Å². The van der Waals surface area contributed by atoms with Gasteiger partial charge in [0.15, 0.2) is 5.16 Å². The van der Waals surface area contributed by atoms with Gasteiger partial charge < -0.3 is 5.32 Å². The van der Waals surface area contributed by atoms with Crippen LogP contribution >= 0.6 is 23.4 Å². The largest absolute Gasteiger partial charge is 0.351 e. The van der Waals surface area contributed by atoms with E-state index < -0.39 is 4.92 Å². The lowest BCUT2D eigenvalue weighted by Gasteiger charge is -2.09. The van der Waals surface area contributed by atoms with Crippen LogP contribution in [0.25, 0.3) is 16.7 Å². The second-order valence-corrected chi connectivity index (χ2v) is 8.21. The van der Waals surface area contributed by atoms with E-state index in [0.717, 1.165) is 5.56 Å². The van der Waals surface area contributed by atoms with Gasteiger partial charge in [0.05, 0.1) is 21.7 Å². The van der Waals surface area contributed by atoms with Gasteiger partial charge in [-0.05, 0) is 48.0 Å². The summed E-state index contributed by atoms with van der Waals surface area (Å²) in [6.45, 7) is 0.358. The van der Waals surface area contributed by atoms with Crippen LogP contribution in [0, 0.1) is 15.9 Å². The molecule has 0 saturated carbocycles. The van der Waals surface area contributed by atoms with Crippen molar-refractivity contribution in [2.45, 2.75) is 11.7 Å². The summed E-state index contributed by atoms with van der Waals surface area (Å²) < 4.78 is 15.2. The van der Waals surface area contributed by atoms with Gasteiger partial charge in [0, 0.05) is 29.4 Å². The van der Waals surface area contributed by atoms with Crippen molar-refractivity contribution >= 4 is 46.0 Å². The van der Waals surface area contributed by atoms with Gasteiger partial charge in [0.25, 0.3) is 5.69 Å². The average Bonchev–Trinajstić information content (AvgIpc) is 3.15. The molecule has 3 aromatic carbocycles. The summed E-state index contributed by atoms with van der Waals surface area (Å²) in [5.74, 6) is -0.501. The second kappa shape index (κ2) is 9.37. The molecule has 1 amide bonds. The number of carbonyl (C=O) groups is 1. The van der Waals surface area contributed by atoms with E-state index in [1.165, 1.54) is 36.0 Å². The first-order valence-electron chi connectivity index (χ1n) is 9.47. The number of fused-ring (bicyclic) bond motifs is 1. The van der Waals surface area contributed by atoms with Crippen LogP contribution in [0.4, 0.5) is 10.1 Å². The molecule has 0 aliphatic carbocycles. The van der Waals surface area contributed by atoms with E-state index in [0.29, 0.717) is 33.4 Å². The number of rotatable bonds is 7. The highest BCUT2D eigenvalue weighted by Crippen LogP contribution is 2.30. The number of nitro groups is 1. The van der Waals surface area contributed by atoms with E-state index >= 15 is 0 Å². The summed E-state index contributed by atoms with van der Waals surface area (Å²) in [6.07, 6.45) is 0. The smallest absolute Gasteiger partial charge is 0.271 e. The molecule has 10 heteroatoms. The van der Waals surface area contributed by atoms with Gasteiger partial charge in [-0.2, -0.15) is 0 Å². The van der Waals surface area contributed by atoms with Crippen LogP contribution in [-0.4, -0.2) is 26.1 Å². The number of nitrogens with zero attached hydrogens (tertiary/aromatic N) is 3. The first kappa shape index (κ1) is 21.8. The van der Waals surface area contributed by atoms with Gasteiger partial charge >= 0.3 is 0 Å². The first-order valence-corrected chi connectivity index (χ1v) is 10.8. The van der Waals surface area contributed by atoms with E-state index in [1.54, 1.807) is 34.9 Å². The van der Waals surface area contributed by atoms with E-state index in [1.807, 2.05) is 12.1 Å². The van der Waals surface area contributed by atoms with Gasteiger partial charge in [-0.25, -0.2) is 9.37 Å². The van der Waals surface area contributed by atoms with Crippen molar-refractivity contribution in [3.8, 4) is 5.69 Å². The number of nitro benzene ring substituents is 1. The van der Waals surface area contributed by atoms with Crippen molar-refractivity contribution in [1.29, 1.82) is 0 Å². The van der Waals surface area contributed by atoms with E-state index in [-0.39, 0.29) is 23.2 Å². The third-order valence-corrected chi connectivity index (χ3v) is 5.83. The highest BCUT2D eigenvalue weighted by molar-refractivity contribution is 7.99. The van der Waals surface area contributed by atoms with Crippen molar-refractivity contribution in [3.63, 3.8) is 0 Å². The van der Waals surface area contributed by atoms with Crippen LogP contribution in [0.3, 0.4) is 0 Å². The number of halogens is 2. The molecule has 4 rings (SSSR count). The molecule has 32 heavy (non-hydrogen) atoms. The lowest BCUT2D eigenvalue weighted by Crippen LogP contribution is -2.24. The number of aromatic nitrogens is 2. The molecule has 0 aliphatic rings. The molecule has 0 saturated heterocycles. The first-order chi connectivity index (χ1) is 15.4. The maximum atomic E-state index is 13.4. The Bertz CT molecular complexity index is 1290. The van der Waals surface area contributed by atoms with E-state index in [4.69, 9.17) is 11.6 Å². The fourth-order valence-electron chi connectivity index (χ4n) is 3.08. The molecule has 4 aromatic rings. The van der Waals surface area contributed by atoms with Gasteiger partial charge in [-0.3, -0.25) is 19.5 Å². The highest BCUT2D eigenvalue weighted by atomic mass is 35.5. The summed E-state index contributed by atoms with van der Waals surface area (Å²) in [5.41, 5.74) is 2.49. The molecule has 0 bridgehead atoms. The second-order valence-electron chi connectivity index (χ2n) is 6.83. The number of nitrogens with one attached hydrogen (secondary N) is 1. The maximum Gasteiger partial charge on any atom is 0.271 e. The Labute approximate surface area is 191 Å². The predicted molar refractivity (Wildman–Crippen MR) is 122 cm³/mol. The molecular formula is C22H16ClFN4O3S. The summed E-state index contributed by atoms with van der Waals surface area (Å²) in [5, 5.41) is 15.1. The van der Waals surface area contributed by atoms with Crippen LogP contribution in [0.2, 0.25) is 5.02 Å². The zero-order valence-electron chi connectivity index (χ0n) is 16.5. The lowest BCUT2D eigenvalue weighted by atomic mass is 10.2. The lowest BCUT2D eigenvalue weighted by molar-refractivity contribution is -0.384. The summed E-state index contributed by atoms with van der Waals surface area (Å²) in [4.78, 5) is 27.5. The summed E-state index contributed by atoms with van der Waals surface area (Å²) >= 11 is 7.06. The molecule has 0 atom stereocenters.